The fourth-order valence-electron chi connectivity index (χ4n) is 1.48. The lowest BCUT2D eigenvalue weighted by atomic mass is 10.2. The van der Waals surface area contributed by atoms with Crippen LogP contribution in [-0.4, -0.2) is 4.57 Å². The Morgan fingerprint density at radius 2 is 2.06 bits per heavy atom. The molecule has 86 valence electrons. The van der Waals surface area contributed by atoms with Crippen molar-refractivity contribution in [3.05, 3.63) is 63.5 Å². The van der Waals surface area contributed by atoms with Gasteiger partial charge in [0.05, 0.1) is 10.9 Å². The highest BCUT2D eigenvalue weighted by Crippen LogP contribution is 2.07. The number of benzene rings is 1. The van der Waals surface area contributed by atoms with Crippen molar-refractivity contribution < 1.29 is 4.42 Å². The monoisotopic (exact) mass is 229 g/mol. The van der Waals surface area contributed by atoms with Crippen LogP contribution >= 0.6 is 0 Å². The fraction of sp³-hybridized carbons (Fsp3) is 0.0769. The summed E-state index contributed by atoms with van der Waals surface area (Å²) in [6.07, 6.45) is 3.21. The van der Waals surface area contributed by atoms with Gasteiger partial charge in [-0.15, -0.1) is 0 Å². The number of nitrogens with zero attached hydrogens (tertiary/aromatic N) is 1. The molecule has 2 aromatic rings. The minimum Gasteiger partial charge on any atom is -0.372 e. The predicted molar refractivity (Wildman–Crippen MR) is 66.9 cm³/mol. The molecule has 0 N–H and O–H groups in total. The molecule has 0 aliphatic heterocycles. The highest BCUT2D eigenvalue weighted by molar-refractivity contribution is 5.79. The van der Waals surface area contributed by atoms with E-state index in [0.717, 1.165) is 5.57 Å². The molecule has 17 heavy (non-hydrogen) atoms. The number of rotatable bonds is 2. The van der Waals surface area contributed by atoms with Crippen molar-refractivity contribution in [2.45, 2.75) is 6.92 Å². The van der Waals surface area contributed by atoms with Crippen molar-refractivity contribution >= 4 is 17.1 Å². The molecule has 0 radical (unpaired) electrons. The summed E-state index contributed by atoms with van der Waals surface area (Å²) >= 11 is 0. The molecule has 0 bridgehead atoms. The van der Waals surface area contributed by atoms with Gasteiger partial charge in [-0.2, -0.15) is 0 Å². The molecule has 0 unspecified atom stereocenters. The SMILES string of the molecule is C=C(C)C=Cn1c(=O)oc(=O)c2ccccc21. The summed E-state index contributed by atoms with van der Waals surface area (Å²) in [6, 6.07) is 6.78. The number of fused-ring (bicyclic) bond motifs is 1. The van der Waals surface area contributed by atoms with Crippen molar-refractivity contribution in [2.75, 3.05) is 0 Å². The lowest BCUT2D eigenvalue weighted by Crippen LogP contribution is -2.21. The summed E-state index contributed by atoms with van der Waals surface area (Å²) in [7, 11) is 0. The maximum absolute atomic E-state index is 11.6. The van der Waals surface area contributed by atoms with E-state index in [-0.39, 0.29) is 0 Å². The molecule has 4 nitrogen and oxygen atoms in total. The quantitative estimate of drug-likeness (QED) is 0.740. The van der Waals surface area contributed by atoms with Gasteiger partial charge in [0.25, 0.3) is 0 Å². The van der Waals surface area contributed by atoms with Gasteiger partial charge in [0.1, 0.15) is 0 Å². The Morgan fingerprint density at radius 3 is 2.76 bits per heavy atom. The van der Waals surface area contributed by atoms with Crippen LogP contribution in [0.5, 0.6) is 0 Å². The number of allylic oxidation sites excluding steroid dienone is 2. The van der Waals surface area contributed by atoms with E-state index in [0.29, 0.717) is 10.9 Å². The van der Waals surface area contributed by atoms with E-state index in [1.807, 2.05) is 6.92 Å². The van der Waals surface area contributed by atoms with Crippen molar-refractivity contribution in [3.63, 3.8) is 0 Å². The van der Waals surface area contributed by atoms with Gasteiger partial charge in [-0.05, 0) is 25.1 Å². The Labute approximate surface area is 97.1 Å². The fourth-order valence-corrected chi connectivity index (χ4v) is 1.48. The van der Waals surface area contributed by atoms with Crippen molar-refractivity contribution in [1.82, 2.24) is 4.57 Å². The molecule has 0 fully saturated rings. The standard InChI is InChI=1S/C13H11NO3/c1-9(2)7-8-14-11-6-4-3-5-10(11)12(15)17-13(14)16/h3-8H,1H2,2H3. The van der Waals surface area contributed by atoms with Crippen LogP contribution in [0.15, 0.2) is 56.5 Å². The topological polar surface area (TPSA) is 52.2 Å². The molecule has 0 saturated carbocycles. The molecule has 1 aromatic carbocycles. The molecule has 0 aliphatic rings. The highest BCUT2D eigenvalue weighted by Gasteiger charge is 2.05. The molecule has 0 atom stereocenters. The minimum atomic E-state index is -0.703. The number of hydrogen-bond donors (Lipinski definition) is 0. The third kappa shape index (κ3) is 2.10. The van der Waals surface area contributed by atoms with E-state index in [1.54, 1.807) is 30.3 Å². The average Bonchev–Trinajstić information content (AvgIpc) is 2.28. The zero-order chi connectivity index (χ0) is 12.4. The van der Waals surface area contributed by atoms with Crippen LogP contribution < -0.4 is 11.4 Å². The van der Waals surface area contributed by atoms with Gasteiger partial charge in [-0.3, -0.25) is 4.57 Å². The summed E-state index contributed by atoms with van der Waals surface area (Å²) in [5, 5.41) is 0.374. The molecule has 0 amide bonds. The largest absolute Gasteiger partial charge is 0.426 e. The van der Waals surface area contributed by atoms with Crippen LogP contribution in [0.3, 0.4) is 0 Å². The summed E-state index contributed by atoms with van der Waals surface area (Å²) < 4.78 is 5.91. The number of aromatic nitrogens is 1. The van der Waals surface area contributed by atoms with E-state index in [4.69, 9.17) is 0 Å². The van der Waals surface area contributed by atoms with Crippen LogP contribution in [-0.2, 0) is 0 Å². The second-order valence-electron chi connectivity index (χ2n) is 3.70. The molecule has 4 heteroatoms. The average molecular weight is 229 g/mol. The van der Waals surface area contributed by atoms with Gasteiger partial charge in [0.15, 0.2) is 0 Å². The second-order valence-corrected chi connectivity index (χ2v) is 3.70. The molecule has 1 heterocycles. The van der Waals surface area contributed by atoms with Crippen molar-refractivity contribution in [3.8, 4) is 0 Å². The smallest absolute Gasteiger partial charge is 0.372 e. The number of para-hydroxylation sites is 1. The maximum Gasteiger partial charge on any atom is 0.426 e. The minimum absolute atomic E-state index is 0.374. The summed E-state index contributed by atoms with van der Waals surface area (Å²) in [5.41, 5.74) is 0.698. The molecule has 2 rings (SSSR count). The highest BCUT2D eigenvalue weighted by atomic mass is 16.4. The van der Waals surface area contributed by atoms with E-state index in [2.05, 4.69) is 11.0 Å². The predicted octanol–water partition coefficient (Wildman–Crippen LogP) is 2.00. The molecule has 1 aromatic heterocycles. The number of hydrogen-bond acceptors (Lipinski definition) is 3. The molecule has 0 spiro atoms. The first kappa shape index (κ1) is 11.1. The van der Waals surface area contributed by atoms with Crippen molar-refractivity contribution in [1.29, 1.82) is 0 Å². The molecular weight excluding hydrogens is 218 g/mol. The Hall–Kier alpha value is -2.36. The molecular formula is C13H11NO3. The zero-order valence-corrected chi connectivity index (χ0v) is 9.34. The molecule has 0 saturated heterocycles. The Bertz CT molecular complexity index is 719. The Morgan fingerprint density at radius 1 is 1.35 bits per heavy atom. The van der Waals surface area contributed by atoms with Gasteiger partial charge in [0.2, 0.25) is 0 Å². The van der Waals surface area contributed by atoms with E-state index < -0.39 is 11.4 Å². The second kappa shape index (κ2) is 4.25. The van der Waals surface area contributed by atoms with E-state index >= 15 is 0 Å². The van der Waals surface area contributed by atoms with Gasteiger partial charge in [-0.1, -0.05) is 24.3 Å². The van der Waals surface area contributed by atoms with Gasteiger partial charge in [-0.25, -0.2) is 9.59 Å². The van der Waals surface area contributed by atoms with Crippen LogP contribution in [0.25, 0.3) is 17.1 Å². The first-order valence-corrected chi connectivity index (χ1v) is 5.07. The van der Waals surface area contributed by atoms with Crippen LogP contribution in [0, 0.1) is 0 Å². The van der Waals surface area contributed by atoms with Gasteiger partial charge in [0, 0.05) is 6.20 Å². The van der Waals surface area contributed by atoms with Gasteiger partial charge < -0.3 is 4.42 Å². The summed E-state index contributed by atoms with van der Waals surface area (Å²) in [4.78, 5) is 23.1. The van der Waals surface area contributed by atoms with Gasteiger partial charge >= 0.3 is 11.4 Å². The summed E-state index contributed by atoms with van der Waals surface area (Å²) in [5.74, 6) is -0.703. The zero-order valence-electron chi connectivity index (χ0n) is 9.34. The van der Waals surface area contributed by atoms with Crippen molar-refractivity contribution in [2.24, 2.45) is 0 Å². The normalized spacial score (nSPS) is 11.1. The van der Waals surface area contributed by atoms with Crippen LogP contribution in [0.1, 0.15) is 6.92 Å². The third-order valence-corrected chi connectivity index (χ3v) is 2.27. The lowest BCUT2D eigenvalue weighted by Gasteiger charge is -2.02. The maximum atomic E-state index is 11.6. The first-order chi connectivity index (χ1) is 8.09. The third-order valence-electron chi connectivity index (χ3n) is 2.27. The molecule has 0 aliphatic carbocycles. The van der Waals surface area contributed by atoms with E-state index in [9.17, 15) is 9.59 Å². The first-order valence-electron chi connectivity index (χ1n) is 5.07. The lowest BCUT2D eigenvalue weighted by molar-refractivity contribution is 0.448. The van der Waals surface area contributed by atoms with Crippen LogP contribution in [0.2, 0.25) is 0 Å². The Kier molecular flexibility index (Phi) is 2.78. The van der Waals surface area contributed by atoms with E-state index in [1.165, 1.54) is 10.8 Å². The van der Waals surface area contributed by atoms with Crippen LogP contribution in [0.4, 0.5) is 0 Å². The Balaban J connectivity index is 2.83. The summed E-state index contributed by atoms with van der Waals surface area (Å²) in [6.45, 7) is 5.51.